The van der Waals surface area contributed by atoms with Crippen molar-refractivity contribution in [2.75, 3.05) is 13.2 Å². The molecule has 1 fully saturated rings. The molecule has 2 aromatic rings. The summed E-state index contributed by atoms with van der Waals surface area (Å²) in [5.74, 6) is -1.12. The molecule has 1 saturated heterocycles. The van der Waals surface area contributed by atoms with Gasteiger partial charge in [0.05, 0.1) is 19.3 Å². The van der Waals surface area contributed by atoms with E-state index in [0.29, 0.717) is 18.2 Å². The number of aromatic carboxylic acids is 1. The van der Waals surface area contributed by atoms with E-state index in [1.54, 1.807) is 0 Å². The molecule has 0 spiro atoms. The van der Waals surface area contributed by atoms with Gasteiger partial charge in [0.1, 0.15) is 9.34 Å². The first kappa shape index (κ1) is 15.4. The molecule has 5 nitrogen and oxygen atoms in total. The lowest BCUT2D eigenvalue weighted by Crippen LogP contribution is -2.11. The lowest BCUT2D eigenvalue weighted by Gasteiger charge is -2.10. The number of benzene rings is 1. The summed E-state index contributed by atoms with van der Waals surface area (Å²) >= 11 is 7.07. The molecule has 3 rings (SSSR count). The normalized spacial score (nSPS) is 17.8. The van der Waals surface area contributed by atoms with Crippen molar-refractivity contribution >= 4 is 28.9 Å². The first-order valence-electron chi connectivity index (χ1n) is 6.82. The minimum Gasteiger partial charge on any atom is -0.476 e. The van der Waals surface area contributed by atoms with Crippen LogP contribution in [0.2, 0.25) is 4.34 Å². The van der Waals surface area contributed by atoms with Crippen molar-refractivity contribution in [1.82, 2.24) is 4.98 Å². The minimum absolute atomic E-state index is 0.105. The smallest absolute Gasteiger partial charge is 0.356 e. The lowest BCUT2D eigenvalue weighted by atomic mass is 10.1. The minimum atomic E-state index is -1.12. The van der Waals surface area contributed by atoms with Gasteiger partial charge in [-0.05, 0) is 18.1 Å². The molecule has 1 atom stereocenters. The van der Waals surface area contributed by atoms with Crippen molar-refractivity contribution in [3.63, 3.8) is 0 Å². The molecule has 0 bridgehead atoms. The lowest BCUT2D eigenvalue weighted by molar-refractivity contribution is 0.0318. The van der Waals surface area contributed by atoms with Gasteiger partial charge >= 0.3 is 5.97 Å². The van der Waals surface area contributed by atoms with Gasteiger partial charge in [-0.2, -0.15) is 0 Å². The molecule has 1 aliphatic rings. The van der Waals surface area contributed by atoms with Crippen LogP contribution < -0.4 is 0 Å². The van der Waals surface area contributed by atoms with Crippen molar-refractivity contribution < 1.29 is 19.4 Å². The predicted octanol–water partition coefficient (Wildman–Crippen LogP) is 3.47. The van der Waals surface area contributed by atoms with Crippen LogP contribution in [0.15, 0.2) is 24.3 Å². The fourth-order valence-electron chi connectivity index (χ4n) is 2.21. The van der Waals surface area contributed by atoms with E-state index in [-0.39, 0.29) is 16.1 Å². The van der Waals surface area contributed by atoms with E-state index in [4.69, 9.17) is 26.2 Å². The molecule has 0 aliphatic carbocycles. The van der Waals surface area contributed by atoms with Gasteiger partial charge < -0.3 is 14.6 Å². The van der Waals surface area contributed by atoms with E-state index in [0.717, 1.165) is 35.5 Å². The maximum absolute atomic E-state index is 11.0. The molecule has 1 aliphatic heterocycles. The Kier molecular flexibility index (Phi) is 4.73. The van der Waals surface area contributed by atoms with E-state index < -0.39 is 5.97 Å². The second-order valence-electron chi connectivity index (χ2n) is 4.94. The van der Waals surface area contributed by atoms with Gasteiger partial charge in [0, 0.05) is 12.2 Å². The van der Waals surface area contributed by atoms with E-state index in [9.17, 15) is 4.79 Å². The van der Waals surface area contributed by atoms with Crippen LogP contribution in [0.25, 0.3) is 10.6 Å². The molecule has 0 radical (unpaired) electrons. The highest BCUT2D eigenvalue weighted by Crippen LogP contribution is 2.32. The third-order valence-electron chi connectivity index (χ3n) is 3.34. The van der Waals surface area contributed by atoms with E-state index in [2.05, 4.69) is 4.98 Å². The molecule has 2 heterocycles. The number of halogens is 1. The second-order valence-corrected chi connectivity index (χ2v) is 6.54. The predicted molar refractivity (Wildman–Crippen MR) is 83.5 cm³/mol. The van der Waals surface area contributed by atoms with Gasteiger partial charge in [-0.15, -0.1) is 11.3 Å². The molecule has 0 saturated carbocycles. The largest absolute Gasteiger partial charge is 0.476 e. The number of carbonyl (C=O) groups is 1. The fourth-order valence-corrected chi connectivity index (χ4v) is 3.33. The summed E-state index contributed by atoms with van der Waals surface area (Å²) in [5.41, 5.74) is 1.74. The van der Waals surface area contributed by atoms with Crippen LogP contribution in [0, 0.1) is 0 Å². The SMILES string of the molecule is O=C(O)c1nc(-c2cccc(COC3CCOC3)c2)sc1Cl. The van der Waals surface area contributed by atoms with Gasteiger partial charge in [-0.1, -0.05) is 29.8 Å². The van der Waals surface area contributed by atoms with Crippen molar-refractivity contribution in [2.24, 2.45) is 0 Å². The summed E-state index contributed by atoms with van der Waals surface area (Å²) in [6, 6.07) is 7.68. The maximum atomic E-state index is 11.0. The Labute approximate surface area is 136 Å². The number of carboxylic acids is 1. The number of nitrogens with zero attached hydrogens (tertiary/aromatic N) is 1. The zero-order chi connectivity index (χ0) is 15.5. The fraction of sp³-hybridized carbons (Fsp3) is 0.333. The van der Waals surface area contributed by atoms with Gasteiger partial charge in [0.15, 0.2) is 5.69 Å². The first-order chi connectivity index (χ1) is 10.6. The number of ether oxygens (including phenoxy) is 2. The third-order valence-corrected chi connectivity index (χ3v) is 4.64. The Morgan fingerprint density at radius 1 is 1.55 bits per heavy atom. The molecular formula is C15H14ClNO4S. The summed E-state index contributed by atoms with van der Waals surface area (Å²) in [6.45, 7) is 1.89. The Hall–Kier alpha value is -1.47. The molecule has 1 N–H and O–H groups in total. The zero-order valence-corrected chi connectivity index (χ0v) is 13.2. The Bertz CT molecular complexity index is 682. The summed E-state index contributed by atoms with van der Waals surface area (Å²) in [7, 11) is 0. The number of thiazole rings is 1. The van der Waals surface area contributed by atoms with E-state index in [1.165, 1.54) is 0 Å². The molecule has 1 aromatic heterocycles. The van der Waals surface area contributed by atoms with Crippen LogP contribution in [0.4, 0.5) is 0 Å². The number of carboxylic acid groups (broad SMARTS) is 1. The van der Waals surface area contributed by atoms with Gasteiger partial charge in [0.25, 0.3) is 0 Å². The second kappa shape index (κ2) is 6.75. The number of hydrogen-bond donors (Lipinski definition) is 1. The van der Waals surface area contributed by atoms with Crippen LogP contribution in [0.3, 0.4) is 0 Å². The van der Waals surface area contributed by atoms with Crippen LogP contribution in [0.1, 0.15) is 22.5 Å². The molecule has 0 amide bonds. The standard InChI is InChI=1S/C15H14ClNO4S/c16-13-12(15(18)19)17-14(22-13)10-3-1-2-9(6-10)7-21-11-4-5-20-8-11/h1-3,6,11H,4-5,7-8H2,(H,18,19). The summed E-state index contributed by atoms with van der Waals surface area (Å²) in [6.07, 6.45) is 1.07. The van der Waals surface area contributed by atoms with E-state index >= 15 is 0 Å². The summed E-state index contributed by atoms with van der Waals surface area (Å²) in [4.78, 5) is 15.1. The summed E-state index contributed by atoms with van der Waals surface area (Å²) < 4.78 is 11.2. The highest BCUT2D eigenvalue weighted by atomic mass is 35.5. The highest BCUT2D eigenvalue weighted by molar-refractivity contribution is 7.19. The Morgan fingerprint density at radius 2 is 2.41 bits per heavy atom. The third kappa shape index (κ3) is 3.47. The van der Waals surface area contributed by atoms with Gasteiger partial charge in [-0.25, -0.2) is 9.78 Å². The van der Waals surface area contributed by atoms with E-state index in [1.807, 2.05) is 24.3 Å². The monoisotopic (exact) mass is 339 g/mol. The maximum Gasteiger partial charge on any atom is 0.356 e. The van der Waals surface area contributed by atoms with Crippen LogP contribution in [-0.2, 0) is 16.1 Å². The molecule has 7 heteroatoms. The number of hydrogen-bond acceptors (Lipinski definition) is 5. The number of aromatic nitrogens is 1. The number of rotatable bonds is 5. The Balaban J connectivity index is 1.75. The van der Waals surface area contributed by atoms with Gasteiger partial charge in [0.2, 0.25) is 0 Å². The van der Waals surface area contributed by atoms with Crippen molar-refractivity contribution in [3.05, 3.63) is 39.9 Å². The summed E-state index contributed by atoms with van der Waals surface area (Å²) in [5, 5.41) is 9.61. The molecule has 1 aromatic carbocycles. The quantitative estimate of drug-likeness (QED) is 0.903. The Morgan fingerprint density at radius 3 is 3.09 bits per heavy atom. The molecule has 1 unspecified atom stereocenters. The zero-order valence-electron chi connectivity index (χ0n) is 11.6. The van der Waals surface area contributed by atoms with Crippen molar-refractivity contribution in [2.45, 2.75) is 19.1 Å². The average molecular weight is 340 g/mol. The average Bonchev–Trinajstić information content (AvgIpc) is 3.14. The van der Waals surface area contributed by atoms with Crippen LogP contribution in [-0.4, -0.2) is 35.4 Å². The molecule has 22 heavy (non-hydrogen) atoms. The molecule has 116 valence electrons. The highest BCUT2D eigenvalue weighted by Gasteiger charge is 2.18. The van der Waals surface area contributed by atoms with Crippen molar-refractivity contribution in [1.29, 1.82) is 0 Å². The van der Waals surface area contributed by atoms with Crippen molar-refractivity contribution in [3.8, 4) is 10.6 Å². The van der Waals surface area contributed by atoms with Crippen LogP contribution >= 0.6 is 22.9 Å². The van der Waals surface area contributed by atoms with Gasteiger partial charge in [-0.3, -0.25) is 0 Å². The first-order valence-corrected chi connectivity index (χ1v) is 8.01. The van der Waals surface area contributed by atoms with Crippen LogP contribution in [0.5, 0.6) is 0 Å². The molecular weight excluding hydrogens is 326 g/mol. The topological polar surface area (TPSA) is 68.7 Å².